The summed E-state index contributed by atoms with van der Waals surface area (Å²) in [4.78, 5) is 11.9. The maximum Gasteiger partial charge on any atom is 0.257 e. The van der Waals surface area contributed by atoms with Gasteiger partial charge >= 0.3 is 0 Å². The molecule has 0 atom stereocenters. The molecule has 2 rings (SSSR count). The minimum absolute atomic E-state index is 0.0860. The lowest BCUT2D eigenvalue weighted by atomic mass is 10.2. The van der Waals surface area contributed by atoms with Gasteiger partial charge in [-0.3, -0.25) is 4.79 Å². The summed E-state index contributed by atoms with van der Waals surface area (Å²) in [5.74, 6) is 2.92. The van der Waals surface area contributed by atoms with Crippen LogP contribution in [0.1, 0.15) is 5.56 Å². The van der Waals surface area contributed by atoms with Gasteiger partial charge in [-0.05, 0) is 17.7 Å². The number of amides is 1. The van der Waals surface area contributed by atoms with Crippen LogP contribution in [0.15, 0.2) is 36.4 Å². The molecule has 0 fully saturated rings. The van der Waals surface area contributed by atoms with Crippen LogP contribution in [-0.2, 0) is 10.5 Å². The average Bonchev–Trinajstić information content (AvgIpc) is 2.67. The fourth-order valence-corrected chi connectivity index (χ4v) is 3.77. The number of methoxy groups -OCH3 is 2. The first-order valence-electron chi connectivity index (χ1n) is 8.16. The van der Waals surface area contributed by atoms with E-state index in [4.69, 9.17) is 37.4 Å². The zero-order chi connectivity index (χ0) is 19.6. The van der Waals surface area contributed by atoms with E-state index in [0.29, 0.717) is 39.6 Å². The molecule has 1 N–H and O–H groups in total. The third-order valence-corrected chi connectivity index (χ3v) is 5.27. The standard InChI is InChI=1S/C19H21Cl2NO4S/c1-24-13-8-14(25-2)10-15(9-13)26-11-19(23)22-6-7-27-12-16-17(20)4-3-5-18(16)21/h3-5,8-10H,6-7,11-12H2,1-2H3,(H,22,23). The molecular weight excluding hydrogens is 409 g/mol. The summed E-state index contributed by atoms with van der Waals surface area (Å²) < 4.78 is 15.8. The fourth-order valence-electron chi connectivity index (χ4n) is 2.17. The predicted molar refractivity (Wildman–Crippen MR) is 111 cm³/mol. The van der Waals surface area contributed by atoms with Gasteiger partial charge in [-0.25, -0.2) is 0 Å². The van der Waals surface area contributed by atoms with E-state index in [0.717, 1.165) is 11.3 Å². The number of carbonyl (C=O) groups is 1. The summed E-state index contributed by atoms with van der Waals surface area (Å²) in [7, 11) is 3.11. The largest absolute Gasteiger partial charge is 0.496 e. The number of hydrogen-bond acceptors (Lipinski definition) is 5. The quantitative estimate of drug-likeness (QED) is 0.565. The van der Waals surface area contributed by atoms with E-state index in [-0.39, 0.29) is 12.5 Å². The summed E-state index contributed by atoms with van der Waals surface area (Å²) in [6.07, 6.45) is 0. The van der Waals surface area contributed by atoms with Crippen molar-refractivity contribution in [3.63, 3.8) is 0 Å². The number of rotatable bonds is 10. The molecule has 0 bridgehead atoms. The number of thioether (sulfide) groups is 1. The van der Waals surface area contributed by atoms with E-state index in [2.05, 4.69) is 5.32 Å². The van der Waals surface area contributed by atoms with Crippen molar-refractivity contribution in [2.75, 3.05) is 33.1 Å². The normalized spacial score (nSPS) is 10.4. The maximum absolute atomic E-state index is 11.9. The molecule has 5 nitrogen and oxygen atoms in total. The summed E-state index contributed by atoms with van der Waals surface area (Å²) in [5, 5.41) is 4.12. The van der Waals surface area contributed by atoms with Gasteiger partial charge in [0, 0.05) is 46.3 Å². The lowest BCUT2D eigenvalue weighted by molar-refractivity contribution is -0.122. The van der Waals surface area contributed by atoms with Gasteiger partial charge in [0.2, 0.25) is 0 Å². The van der Waals surface area contributed by atoms with Crippen LogP contribution < -0.4 is 19.5 Å². The highest BCUT2D eigenvalue weighted by Gasteiger charge is 2.07. The molecule has 27 heavy (non-hydrogen) atoms. The lowest BCUT2D eigenvalue weighted by Crippen LogP contribution is -2.30. The summed E-state index contributed by atoms with van der Waals surface area (Å²) in [5.41, 5.74) is 0.910. The first-order valence-corrected chi connectivity index (χ1v) is 10.1. The number of benzene rings is 2. The van der Waals surface area contributed by atoms with Gasteiger partial charge in [-0.2, -0.15) is 11.8 Å². The number of nitrogens with one attached hydrogen (secondary N) is 1. The van der Waals surface area contributed by atoms with Crippen molar-refractivity contribution in [3.05, 3.63) is 52.0 Å². The maximum atomic E-state index is 11.9. The molecule has 146 valence electrons. The monoisotopic (exact) mass is 429 g/mol. The van der Waals surface area contributed by atoms with E-state index < -0.39 is 0 Å². The van der Waals surface area contributed by atoms with Gasteiger partial charge in [0.1, 0.15) is 17.2 Å². The van der Waals surface area contributed by atoms with E-state index in [1.807, 2.05) is 18.2 Å². The molecule has 0 radical (unpaired) electrons. The van der Waals surface area contributed by atoms with Crippen LogP contribution in [0, 0.1) is 0 Å². The molecule has 0 saturated carbocycles. The van der Waals surface area contributed by atoms with Gasteiger partial charge in [0.05, 0.1) is 14.2 Å². The Hall–Kier alpha value is -1.76. The van der Waals surface area contributed by atoms with E-state index in [1.54, 1.807) is 44.2 Å². The van der Waals surface area contributed by atoms with Crippen molar-refractivity contribution in [2.24, 2.45) is 0 Å². The molecule has 0 spiro atoms. The Labute approximate surface area is 173 Å². The second kappa shape index (κ2) is 11.2. The molecule has 2 aromatic rings. The highest BCUT2D eigenvalue weighted by molar-refractivity contribution is 7.98. The Morgan fingerprint density at radius 3 is 2.22 bits per heavy atom. The summed E-state index contributed by atoms with van der Waals surface area (Å²) in [6.45, 7) is 0.438. The van der Waals surface area contributed by atoms with Gasteiger partial charge < -0.3 is 19.5 Å². The molecule has 0 aliphatic rings. The smallest absolute Gasteiger partial charge is 0.257 e. The van der Waals surface area contributed by atoms with Crippen LogP contribution in [0.3, 0.4) is 0 Å². The van der Waals surface area contributed by atoms with Crippen LogP contribution in [0.5, 0.6) is 17.2 Å². The Morgan fingerprint density at radius 1 is 1.04 bits per heavy atom. The minimum Gasteiger partial charge on any atom is -0.496 e. The third kappa shape index (κ3) is 7.05. The Morgan fingerprint density at radius 2 is 1.63 bits per heavy atom. The second-order valence-electron chi connectivity index (χ2n) is 5.44. The van der Waals surface area contributed by atoms with Crippen LogP contribution in [-0.4, -0.2) is 39.0 Å². The van der Waals surface area contributed by atoms with E-state index >= 15 is 0 Å². The number of hydrogen-bond donors (Lipinski definition) is 1. The van der Waals surface area contributed by atoms with Gasteiger partial charge in [-0.15, -0.1) is 0 Å². The van der Waals surface area contributed by atoms with Crippen molar-refractivity contribution in [1.29, 1.82) is 0 Å². The first kappa shape index (κ1) is 21.5. The van der Waals surface area contributed by atoms with Gasteiger partial charge in [0.15, 0.2) is 6.61 Å². The van der Waals surface area contributed by atoms with Crippen LogP contribution in [0.4, 0.5) is 0 Å². The number of halogens is 2. The number of carbonyl (C=O) groups excluding carboxylic acids is 1. The Kier molecular flexibility index (Phi) is 8.91. The topological polar surface area (TPSA) is 56.8 Å². The molecule has 0 heterocycles. The van der Waals surface area contributed by atoms with E-state index in [1.165, 1.54) is 0 Å². The molecule has 0 unspecified atom stereocenters. The highest BCUT2D eigenvalue weighted by atomic mass is 35.5. The van der Waals surface area contributed by atoms with Crippen molar-refractivity contribution in [1.82, 2.24) is 5.32 Å². The first-order chi connectivity index (χ1) is 13.0. The molecular formula is C19H21Cl2NO4S. The Bertz CT molecular complexity index is 731. The SMILES string of the molecule is COc1cc(OC)cc(OCC(=O)NCCSCc2c(Cl)cccc2Cl)c1. The fraction of sp³-hybridized carbons (Fsp3) is 0.316. The molecule has 0 aliphatic heterocycles. The molecule has 8 heteroatoms. The van der Waals surface area contributed by atoms with Crippen LogP contribution >= 0.6 is 35.0 Å². The zero-order valence-electron chi connectivity index (χ0n) is 15.1. The molecule has 2 aromatic carbocycles. The van der Waals surface area contributed by atoms with Crippen LogP contribution in [0.2, 0.25) is 10.0 Å². The van der Waals surface area contributed by atoms with E-state index in [9.17, 15) is 4.79 Å². The molecule has 0 aliphatic carbocycles. The average molecular weight is 430 g/mol. The van der Waals surface area contributed by atoms with Crippen molar-refractivity contribution < 1.29 is 19.0 Å². The minimum atomic E-state index is -0.201. The lowest BCUT2D eigenvalue weighted by Gasteiger charge is -2.11. The van der Waals surface area contributed by atoms with Gasteiger partial charge in [-0.1, -0.05) is 29.3 Å². The van der Waals surface area contributed by atoms with Crippen molar-refractivity contribution in [2.45, 2.75) is 5.75 Å². The second-order valence-corrected chi connectivity index (χ2v) is 7.36. The Balaban J connectivity index is 1.69. The van der Waals surface area contributed by atoms with Gasteiger partial charge in [0.25, 0.3) is 5.91 Å². The summed E-state index contributed by atoms with van der Waals surface area (Å²) >= 11 is 13.9. The molecule has 0 saturated heterocycles. The zero-order valence-corrected chi connectivity index (χ0v) is 17.4. The third-order valence-electron chi connectivity index (χ3n) is 3.57. The van der Waals surface area contributed by atoms with Crippen molar-refractivity contribution in [3.8, 4) is 17.2 Å². The highest BCUT2D eigenvalue weighted by Crippen LogP contribution is 2.28. The predicted octanol–water partition coefficient (Wildman–Crippen LogP) is 4.44. The van der Waals surface area contributed by atoms with Crippen LogP contribution in [0.25, 0.3) is 0 Å². The molecule has 1 amide bonds. The van der Waals surface area contributed by atoms with Crippen molar-refractivity contribution >= 4 is 40.9 Å². The number of ether oxygens (including phenoxy) is 3. The molecule has 0 aromatic heterocycles. The summed E-state index contributed by atoms with van der Waals surface area (Å²) in [6, 6.07) is 10.6.